The van der Waals surface area contributed by atoms with Crippen molar-refractivity contribution in [2.75, 3.05) is 4.90 Å². The summed E-state index contributed by atoms with van der Waals surface area (Å²) < 4.78 is 1.48. The quantitative estimate of drug-likeness (QED) is 0.175. The normalized spacial score (nSPS) is 16.0. The van der Waals surface area contributed by atoms with E-state index in [1.165, 1.54) is 17.5 Å². The zero-order valence-electron chi connectivity index (χ0n) is 28.7. The highest BCUT2D eigenvalue weighted by atomic mass is 35.5. The second-order valence-electron chi connectivity index (χ2n) is 13.6. The first kappa shape index (κ1) is 38.5. The minimum Gasteiger partial charge on any atom is -0.368 e. The van der Waals surface area contributed by atoms with Gasteiger partial charge < -0.3 is 14.7 Å². The Morgan fingerprint density at radius 2 is 0.829 bits per heavy atom. The zero-order valence-corrected chi connectivity index (χ0v) is 31.7. The lowest BCUT2D eigenvalue weighted by Gasteiger charge is -2.33. The first-order chi connectivity index (χ1) is 18.6. The molecule has 0 spiro atoms. The topological polar surface area (TPSA) is 12.7 Å². The summed E-state index contributed by atoms with van der Waals surface area (Å²) in [4.78, 5) is 7.63. The highest BCUT2D eigenvalue weighted by Gasteiger charge is 2.49. The van der Waals surface area contributed by atoms with E-state index < -0.39 is 4.33 Å². The van der Waals surface area contributed by atoms with Gasteiger partial charge in [-0.15, -0.1) is 0 Å². The van der Waals surface area contributed by atoms with E-state index >= 15 is 0 Å². The molecule has 0 radical (unpaired) electrons. The molecule has 238 valence electrons. The minimum atomic E-state index is -1.02. The molecule has 41 heavy (non-hydrogen) atoms. The molecule has 0 aromatic heterocycles. The summed E-state index contributed by atoms with van der Waals surface area (Å²) in [5.41, 5.74) is 4.58. The second-order valence-corrected chi connectivity index (χ2v) is 15.6. The van der Waals surface area contributed by atoms with E-state index in [1.807, 2.05) is 0 Å². The number of alkyl halides is 2. The molecule has 4 nitrogen and oxygen atoms in total. The van der Waals surface area contributed by atoms with Crippen molar-refractivity contribution in [2.45, 2.75) is 170 Å². The van der Waals surface area contributed by atoms with Crippen LogP contribution in [0, 0.1) is 0 Å². The number of rotatable bonds is 11. The van der Waals surface area contributed by atoms with E-state index in [9.17, 15) is 0 Å². The number of hydrogen-bond acceptors (Lipinski definition) is 3. The Hall–Kier alpha value is -0.550. The summed E-state index contributed by atoms with van der Waals surface area (Å²) in [6.45, 7) is 36.5. The van der Waals surface area contributed by atoms with Crippen LogP contribution >= 0.6 is 46.4 Å². The van der Waals surface area contributed by atoms with E-state index in [-0.39, 0.29) is 0 Å². The molecule has 0 saturated carbocycles. The van der Waals surface area contributed by atoms with Gasteiger partial charge in [-0.2, -0.15) is 0 Å². The third kappa shape index (κ3) is 10.3. The fourth-order valence-electron chi connectivity index (χ4n) is 6.03. The van der Waals surface area contributed by atoms with Gasteiger partial charge in [0, 0.05) is 60.1 Å². The molecule has 0 bridgehead atoms. The van der Waals surface area contributed by atoms with Crippen LogP contribution in [0.4, 0.5) is 5.69 Å². The Morgan fingerprint density at radius 1 is 0.561 bits per heavy atom. The molecular formula is C33H59Cl4N4+. The molecule has 2 aliphatic rings. The van der Waals surface area contributed by atoms with Gasteiger partial charge in [0.25, 0.3) is 0 Å². The zero-order chi connectivity index (χ0) is 32.3. The van der Waals surface area contributed by atoms with Gasteiger partial charge in [0.1, 0.15) is 17.8 Å². The van der Waals surface area contributed by atoms with Crippen LogP contribution in [0.1, 0.15) is 117 Å². The first-order valence-electron chi connectivity index (χ1n) is 15.5. The van der Waals surface area contributed by atoms with Gasteiger partial charge in [-0.25, -0.2) is 4.58 Å². The predicted molar refractivity (Wildman–Crippen MR) is 186 cm³/mol. The van der Waals surface area contributed by atoms with Crippen molar-refractivity contribution >= 4 is 52.1 Å². The highest BCUT2D eigenvalue weighted by molar-refractivity contribution is 6.69. The SMILES string of the molecule is CC(C)N(C1=C(N(C(C)C)C(C)C)C1)C(C)C.CC(C)N(c1cc1=[N+](C(C)C)C(C)C)C(C)C.ClC1=C(Cl)C1(Cl)Cl. The van der Waals surface area contributed by atoms with Crippen LogP contribution in [-0.2, 0) is 0 Å². The molecule has 0 atom stereocenters. The van der Waals surface area contributed by atoms with E-state index in [1.54, 1.807) is 11.4 Å². The van der Waals surface area contributed by atoms with Crippen molar-refractivity contribution < 1.29 is 0 Å². The lowest BCUT2D eigenvalue weighted by Crippen LogP contribution is -2.41. The standard InChI is InChI=1S/C15H30N2.C15H29N2.C3Cl4/c2*1-10(2)16(11(3)4)14-9-15(14)17(12(5)6)13(7)8;4-1-2(5)3(1,6)7/h10-13H,9H2,1-8H3;9-13H,1-8H3;/q;+1;. The molecule has 0 saturated heterocycles. The van der Waals surface area contributed by atoms with Crippen LogP contribution in [0.5, 0.6) is 0 Å². The fourth-order valence-corrected chi connectivity index (χ4v) is 6.93. The van der Waals surface area contributed by atoms with Crippen molar-refractivity contribution in [3.8, 4) is 0 Å². The maximum atomic E-state index is 5.37. The van der Waals surface area contributed by atoms with Crippen LogP contribution in [0.25, 0.3) is 0 Å². The molecule has 0 N–H and O–H groups in total. The van der Waals surface area contributed by atoms with Gasteiger partial charge in [0.2, 0.25) is 5.36 Å². The Morgan fingerprint density at radius 3 is 1.02 bits per heavy atom. The van der Waals surface area contributed by atoms with E-state index in [0.29, 0.717) is 58.4 Å². The Labute approximate surface area is 273 Å². The summed E-state index contributed by atoms with van der Waals surface area (Å²) in [6.07, 6.45) is 1.19. The van der Waals surface area contributed by atoms with Gasteiger partial charge in [0.15, 0.2) is 4.33 Å². The number of nitrogens with zero attached hydrogens (tertiary/aromatic N) is 4. The number of halogens is 4. The van der Waals surface area contributed by atoms with Crippen LogP contribution in [0.2, 0.25) is 0 Å². The maximum absolute atomic E-state index is 5.37. The van der Waals surface area contributed by atoms with E-state index in [4.69, 9.17) is 46.4 Å². The van der Waals surface area contributed by atoms with Gasteiger partial charge in [-0.05, 0) is 111 Å². The van der Waals surface area contributed by atoms with Crippen LogP contribution in [-0.4, -0.2) is 62.5 Å². The molecular weight excluding hydrogens is 594 g/mol. The summed E-state index contributed by atoms with van der Waals surface area (Å²) in [6, 6.07) is 7.01. The average molecular weight is 654 g/mol. The number of allylic oxidation sites excluding steroid dienone is 4. The molecule has 2 aliphatic carbocycles. The summed E-state index contributed by atoms with van der Waals surface area (Å²) in [5, 5.41) is 2.13. The molecule has 0 amide bonds. The Bertz CT molecular complexity index is 991. The Kier molecular flexibility index (Phi) is 14.5. The lowest BCUT2D eigenvalue weighted by atomic mass is 10.2. The predicted octanol–water partition coefficient (Wildman–Crippen LogP) is 9.48. The van der Waals surface area contributed by atoms with E-state index in [2.05, 4.69) is 136 Å². The van der Waals surface area contributed by atoms with Crippen molar-refractivity contribution in [3.63, 3.8) is 0 Å². The van der Waals surface area contributed by atoms with Crippen LogP contribution in [0.3, 0.4) is 0 Å². The smallest absolute Gasteiger partial charge is 0.226 e. The lowest BCUT2D eigenvalue weighted by molar-refractivity contribution is 0.225. The summed E-state index contributed by atoms with van der Waals surface area (Å²) >= 11 is 21.4. The molecule has 0 aliphatic heterocycles. The first-order valence-corrected chi connectivity index (χ1v) is 17.0. The third-order valence-electron chi connectivity index (χ3n) is 7.31. The molecule has 1 aromatic carbocycles. The average Bonchev–Trinajstić information content (AvgIpc) is 3.73. The van der Waals surface area contributed by atoms with E-state index in [0.717, 1.165) is 0 Å². The molecule has 1 aromatic rings. The largest absolute Gasteiger partial charge is 0.368 e. The van der Waals surface area contributed by atoms with Gasteiger partial charge in [-0.1, -0.05) is 46.4 Å². The number of anilines is 1. The maximum Gasteiger partial charge on any atom is 0.226 e. The summed E-state index contributed by atoms with van der Waals surface area (Å²) in [5.74, 6) is 0. The monoisotopic (exact) mass is 651 g/mol. The highest BCUT2D eigenvalue weighted by Crippen LogP contribution is 2.57. The minimum absolute atomic E-state index is 0.345. The van der Waals surface area contributed by atoms with Crippen molar-refractivity contribution in [3.05, 3.63) is 32.9 Å². The Balaban J connectivity index is 0.000000333. The third-order valence-corrected chi connectivity index (χ3v) is 9.49. The fraction of sp³-hybridized carbons (Fsp3) is 0.788. The number of hydrogen-bond donors (Lipinski definition) is 0. The van der Waals surface area contributed by atoms with Gasteiger partial charge in [-0.3, -0.25) is 0 Å². The van der Waals surface area contributed by atoms with Gasteiger partial charge >= 0.3 is 0 Å². The van der Waals surface area contributed by atoms with Gasteiger partial charge in [0.05, 0.1) is 10.1 Å². The second kappa shape index (κ2) is 15.4. The molecule has 3 rings (SSSR count). The van der Waals surface area contributed by atoms with Crippen molar-refractivity contribution in [2.24, 2.45) is 0 Å². The summed E-state index contributed by atoms with van der Waals surface area (Å²) in [7, 11) is 0. The molecule has 0 unspecified atom stereocenters. The van der Waals surface area contributed by atoms with Crippen molar-refractivity contribution in [1.82, 2.24) is 14.4 Å². The van der Waals surface area contributed by atoms with Crippen LogP contribution < -0.4 is 14.8 Å². The molecule has 0 fully saturated rings. The molecule has 8 heteroatoms. The van der Waals surface area contributed by atoms with Crippen molar-refractivity contribution in [1.29, 1.82) is 0 Å². The van der Waals surface area contributed by atoms with Crippen LogP contribution in [0.15, 0.2) is 27.5 Å². The molecule has 0 heterocycles.